The van der Waals surface area contributed by atoms with Crippen LogP contribution in [0.25, 0.3) is 0 Å². The Bertz CT molecular complexity index is 1350. The molecular weight excluding hydrogens is 507 g/mol. The number of nitrogens with zero attached hydrogens (tertiary/aromatic N) is 2. The van der Waals surface area contributed by atoms with E-state index in [-0.39, 0.29) is 17.3 Å². The highest BCUT2D eigenvalue weighted by atomic mass is 32.2. The minimum absolute atomic E-state index is 0.0200. The molecule has 198 valence electrons. The molecule has 0 bridgehead atoms. The normalized spacial score (nSPS) is 17.6. The number of hydrogen-bond donors (Lipinski definition) is 1. The molecule has 1 aromatic heterocycles. The topological polar surface area (TPSA) is 90.4 Å². The molecule has 1 N–H and O–H groups in total. The molecule has 1 aliphatic heterocycles. The molecule has 1 aliphatic rings. The van der Waals surface area contributed by atoms with Gasteiger partial charge in [-0.1, -0.05) is 19.1 Å². The van der Waals surface area contributed by atoms with Gasteiger partial charge in [0.1, 0.15) is 5.75 Å². The molecule has 3 aromatic rings. The number of unbranched alkanes of at least 4 members (excludes halogenated alkanes) is 1. The van der Waals surface area contributed by atoms with Crippen LogP contribution >= 0.6 is 0 Å². The van der Waals surface area contributed by atoms with Crippen LogP contribution in [0.15, 0.2) is 59.6 Å². The van der Waals surface area contributed by atoms with Crippen molar-refractivity contribution >= 4 is 15.8 Å². The van der Waals surface area contributed by atoms with Crippen LogP contribution in [0.2, 0.25) is 0 Å². The van der Waals surface area contributed by atoms with Crippen molar-refractivity contribution in [1.82, 2.24) is 10.2 Å². The maximum atomic E-state index is 13.5. The van der Waals surface area contributed by atoms with Crippen molar-refractivity contribution in [3.8, 4) is 5.75 Å². The van der Waals surface area contributed by atoms with Gasteiger partial charge in [0, 0.05) is 37.0 Å². The molecule has 2 aromatic carbocycles. The van der Waals surface area contributed by atoms with Crippen LogP contribution in [0.3, 0.4) is 0 Å². The molecule has 1 atom stereocenters. The Morgan fingerprint density at radius 1 is 1.11 bits per heavy atom. The molecule has 4 rings (SSSR count). The van der Waals surface area contributed by atoms with Crippen LogP contribution in [0.4, 0.5) is 19.0 Å². The fourth-order valence-electron chi connectivity index (χ4n) is 4.65. The Morgan fingerprint density at radius 3 is 2.59 bits per heavy atom. The minimum Gasteiger partial charge on any atom is -0.493 e. The monoisotopic (exact) mass is 535 g/mol. The number of methoxy groups -OCH3 is 1. The predicted octanol–water partition coefficient (Wildman–Crippen LogP) is 5.35. The van der Waals surface area contributed by atoms with Gasteiger partial charge in [-0.3, -0.25) is 4.72 Å². The quantitative estimate of drug-likeness (QED) is 0.372. The Labute approximate surface area is 214 Å². The van der Waals surface area contributed by atoms with Gasteiger partial charge < -0.3 is 9.47 Å². The van der Waals surface area contributed by atoms with Crippen LogP contribution in [0, 0.1) is 0 Å². The largest absolute Gasteiger partial charge is 0.493 e. The number of sulfonamides is 1. The van der Waals surface area contributed by atoms with Crippen molar-refractivity contribution in [3.05, 3.63) is 77.0 Å². The smallest absolute Gasteiger partial charge is 0.416 e. The van der Waals surface area contributed by atoms with Gasteiger partial charge in [0.05, 0.1) is 17.1 Å². The van der Waals surface area contributed by atoms with Gasteiger partial charge in [-0.2, -0.15) is 18.3 Å². The number of benzene rings is 2. The van der Waals surface area contributed by atoms with E-state index >= 15 is 0 Å². The van der Waals surface area contributed by atoms with Gasteiger partial charge in [-0.15, -0.1) is 5.10 Å². The lowest BCUT2D eigenvalue weighted by atomic mass is 9.70. The first-order valence-corrected chi connectivity index (χ1v) is 13.3. The van der Waals surface area contributed by atoms with Crippen LogP contribution in [0.1, 0.15) is 48.4 Å². The second-order valence-electron chi connectivity index (χ2n) is 9.12. The van der Waals surface area contributed by atoms with Crippen molar-refractivity contribution in [2.24, 2.45) is 0 Å². The zero-order chi connectivity index (χ0) is 26.7. The first kappa shape index (κ1) is 26.9. The molecular formula is C26H28F3N3O4S. The predicted molar refractivity (Wildman–Crippen MR) is 132 cm³/mol. The molecule has 0 saturated heterocycles. The number of aromatic nitrogens is 2. The maximum absolute atomic E-state index is 13.5. The Kier molecular flexibility index (Phi) is 7.75. The van der Waals surface area contributed by atoms with E-state index in [1.807, 2.05) is 6.92 Å². The van der Waals surface area contributed by atoms with Crippen molar-refractivity contribution in [3.63, 3.8) is 0 Å². The van der Waals surface area contributed by atoms with Gasteiger partial charge in [-0.25, -0.2) is 8.42 Å². The van der Waals surface area contributed by atoms with Crippen molar-refractivity contribution < 1.29 is 31.1 Å². The summed E-state index contributed by atoms with van der Waals surface area (Å²) in [5.74, 6) is 0.454. The number of aryl methyl sites for hydroxylation is 1. The van der Waals surface area contributed by atoms with Crippen LogP contribution < -0.4 is 9.46 Å². The molecule has 11 heteroatoms. The van der Waals surface area contributed by atoms with E-state index in [0.717, 1.165) is 23.6 Å². The highest BCUT2D eigenvalue weighted by Crippen LogP contribution is 2.46. The summed E-state index contributed by atoms with van der Waals surface area (Å²) < 4.78 is 79.7. The SMILES string of the molecule is COCCCCc1cc(C(F)(F)F)ccc1[C@]1(C)CCOc2cc(S(=O)(=O)Nc3cccnn3)ccc21. The number of rotatable bonds is 9. The lowest BCUT2D eigenvalue weighted by Crippen LogP contribution is -2.32. The van der Waals surface area contributed by atoms with Gasteiger partial charge in [0.15, 0.2) is 5.82 Å². The van der Waals surface area contributed by atoms with Gasteiger partial charge in [-0.05, 0) is 67.1 Å². The van der Waals surface area contributed by atoms with Crippen LogP contribution in [-0.4, -0.2) is 38.9 Å². The fraction of sp³-hybridized carbons (Fsp3) is 0.385. The first-order valence-electron chi connectivity index (χ1n) is 11.8. The summed E-state index contributed by atoms with van der Waals surface area (Å²) in [5, 5.41) is 7.42. The van der Waals surface area contributed by atoms with Gasteiger partial charge in [0.2, 0.25) is 0 Å². The lowest BCUT2D eigenvalue weighted by Gasteiger charge is -2.38. The van der Waals surface area contributed by atoms with Crippen molar-refractivity contribution in [1.29, 1.82) is 0 Å². The first-order chi connectivity index (χ1) is 17.5. The number of fused-ring (bicyclic) bond motifs is 1. The van der Waals surface area contributed by atoms with Gasteiger partial charge >= 0.3 is 6.18 Å². The average Bonchev–Trinajstić information content (AvgIpc) is 2.86. The number of nitrogens with one attached hydrogen (secondary N) is 1. The molecule has 0 amide bonds. The van der Waals surface area contributed by atoms with E-state index in [4.69, 9.17) is 9.47 Å². The molecule has 0 fully saturated rings. The summed E-state index contributed by atoms with van der Waals surface area (Å²) in [6.07, 6.45) is -0.634. The van der Waals surface area contributed by atoms with Gasteiger partial charge in [0.25, 0.3) is 10.0 Å². The number of hydrogen-bond acceptors (Lipinski definition) is 6. The molecule has 7 nitrogen and oxygen atoms in total. The Hall–Kier alpha value is -3.18. The van der Waals surface area contributed by atoms with E-state index in [1.165, 1.54) is 30.5 Å². The zero-order valence-electron chi connectivity index (χ0n) is 20.5. The van der Waals surface area contributed by atoms with E-state index < -0.39 is 27.2 Å². The second-order valence-corrected chi connectivity index (χ2v) is 10.8. The molecule has 0 aliphatic carbocycles. The number of alkyl halides is 3. The Balaban J connectivity index is 1.72. The standard InChI is InChI=1S/C26H28F3N3O4S/c1-25(21-10-8-19(26(27,28)29)16-18(21)6-3-4-14-35-2)12-15-36-23-17-20(9-11-22(23)25)37(33,34)32-24-7-5-13-30-31-24/h5,7-11,13,16-17H,3-4,6,12,14-15H2,1-2H3,(H,31,32)/t25-/m0/s1. The molecule has 0 radical (unpaired) electrons. The lowest BCUT2D eigenvalue weighted by molar-refractivity contribution is -0.137. The molecule has 0 saturated carbocycles. The molecule has 2 heterocycles. The van der Waals surface area contributed by atoms with E-state index in [0.29, 0.717) is 37.2 Å². The number of ether oxygens (including phenoxy) is 2. The van der Waals surface area contributed by atoms with Crippen molar-refractivity contribution in [2.45, 2.75) is 49.1 Å². The summed E-state index contributed by atoms with van der Waals surface area (Å²) in [4.78, 5) is -0.0200. The summed E-state index contributed by atoms with van der Waals surface area (Å²) in [5.41, 5.74) is 0.744. The van der Waals surface area contributed by atoms with E-state index in [2.05, 4.69) is 14.9 Å². The number of halogens is 3. The summed E-state index contributed by atoms with van der Waals surface area (Å²) in [7, 11) is -2.38. The number of anilines is 1. The van der Waals surface area contributed by atoms with Crippen LogP contribution in [0.5, 0.6) is 5.75 Å². The summed E-state index contributed by atoms with van der Waals surface area (Å²) in [6, 6.07) is 11.5. The highest BCUT2D eigenvalue weighted by molar-refractivity contribution is 7.92. The average molecular weight is 536 g/mol. The molecule has 0 spiro atoms. The third-order valence-corrected chi connectivity index (χ3v) is 7.95. The third-order valence-electron chi connectivity index (χ3n) is 6.60. The fourth-order valence-corrected chi connectivity index (χ4v) is 5.67. The minimum atomic E-state index is -4.45. The van der Waals surface area contributed by atoms with Crippen molar-refractivity contribution in [2.75, 3.05) is 25.0 Å². The molecule has 37 heavy (non-hydrogen) atoms. The summed E-state index contributed by atoms with van der Waals surface area (Å²) in [6.45, 7) is 2.78. The highest BCUT2D eigenvalue weighted by Gasteiger charge is 2.39. The third kappa shape index (κ3) is 5.88. The maximum Gasteiger partial charge on any atom is 0.416 e. The second kappa shape index (κ2) is 10.7. The van der Waals surface area contributed by atoms with Crippen LogP contribution in [-0.2, 0) is 32.8 Å². The summed E-state index contributed by atoms with van der Waals surface area (Å²) >= 11 is 0. The van der Waals surface area contributed by atoms with E-state index in [1.54, 1.807) is 25.3 Å². The Morgan fingerprint density at radius 2 is 1.89 bits per heavy atom. The zero-order valence-corrected chi connectivity index (χ0v) is 21.3. The molecule has 0 unspecified atom stereocenters. The van der Waals surface area contributed by atoms with E-state index in [9.17, 15) is 21.6 Å².